The molecule has 0 aromatic heterocycles. The first-order chi connectivity index (χ1) is 16.4. The Morgan fingerprint density at radius 3 is 2.46 bits per heavy atom. The van der Waals surface area contributed by atoms with E-state index in [1.807, 2.05) is 0 Å². The number of benzene rings is 2. The van der Waals surface area contributed by atoms with Gasteiger partial charge in [0, 0.05) is 16.8 Å². The van der Waals surface area contributed by atoms with Crippen LogP contribution < -0.4 is 14.8 Å². The van der Waals surface area contributed by atoms with E-state index in [0.29, 0.717) is 16.8 Å². The van der Waals surface area contributed by atoms with E-state index in [-0.39, 0.29) is 40.9 Å². The second-order valence-corrected chi connectivity index (χ2v) is 8.64. The molecule has 1 aliphatic rings. The number of aliphatic hydroxyl groups is 2. The highest BCUT2D eigenvalue weighted by atomic mass is 35.5. The maximum atomic E-state index is 13.4. The summed E-state index contributed by atoms with van der Waals surface area (Å²) in [4.78, 5) is 4.26. The van der Waals surface area contributed by atoms with Crippen molar-refractivity contribution in [3.8, 4) is 11.5 Å². The smallest absolute Gasteiger partial charge is 0.288 e. The Labute approximate surface area is 206 Å². The highest BCUT2D eigenvalue weighted by Crippen LogP contribution is 2.46. The third-order valence-electron chi connectivity index (χ3n) is 5.63. The summed E-state index contributed by atoms with van der Waals surface area (Å²) >= 11 is 5.80. The molecule has 1 fully saturated rings. The van der Waals surface area contributed by atoms with Crippen molar-refractivity contribution in [2.45, 2.75) is 31.0 Å². The summed E-state index contributed by atoms with van der Waals surface area (Å²) < 4.78 is 50.3. The second-order valence-electron chi connectivity index (χ2n) is 8.23. The number of aliphatic imine (C=N–C) groups is 1. The van der Waals surface area contributed by atoms with Crippen molar-refractivity contribution in [1.82, 2.24) is 5.32 Å². The molecule has 2 unspecified atom stereocenters. The van der Waals surface area contributed by atoms with Crippen LogP contribution in [-0.2, 0) is 0 Å². The van der Waals surface area contributed by atoms with Gasteiger partial charge in [0.25, 0.3) is 5.92 Å². The van der Waals surface area contributed by atoms with Crippen molar-refractivity contribution >= 4 is 28.7 Å². The molecule has 2 aromatic carbocycles. The molecule has 1 saturated carbocycles. The zero-order valence-corrected chi connectivity index (χ0v) is 20.0. The third-order valence-corrected chi connectivity index (χ3v) is 5.92. The Hall–Kier alpha value is -3.01. The monoisotopic (exact) mass is 510 g/mol. The van der Waals surface area contributed by atoms with Gasteiger partial charge in [-0.1, -0.05) is 24.8 Å². The standard InChI is InChI=1S/C25H26ClF3N2O4/c1-14(18-6-8-21(22(10-18)34-4)35-23-11-25(23,28)29)30-12-24(33,13-32)16(3)31-15(2)17-5-7-20(27)19(26)9-17/h5-10,23,30,32-33H,1-2,11-13H2,3-4H3. The quantitative estimate of drug-likeness (QED) is 0.382. The molecule has 0 saturated heterocycles. The number of ether oxygens (including phenoxy) is 2. The molecule has 2 atom stereocenters. The number of alkyl halides is 2. The van der Waals surface area contributed by atoms with E-state index in [4.69, 9.17) is 21.1 Å². The number of nitrogens with one attached hydrogen (secondary N) is 1. The van der Waals surface area contributed by atoms with Crippen LogP contribution in [0.15, 0.2) is 54.5 Å². The van der Waals surface area contributed by atoms with Crippen molar-refractivity contribution in [3.63, 3.8) is 0 Å². The molecule has 0 aliphatic heterocycles. The molecule has 0 amide bonds. The van der Waals surface area contributed by atoms with Gasteiger partial charge in [-0.05, 0) is 43.3 Å². The predicted octanol–water partition coefficient (Wildman–Crippen LogP) is 4.69. The highest BCUT2D eigenvalue weighted by Gasteiger charge is 2.60. The first-order valence-corrected chi connectivity index (χ1v) is 11.0. The zero-order valence-electron chi connectivity index (χ0n) is 19.2. The zero-order chi connectivity index (χ0) is 26.0. The summed E-state index contributed by atoms with van der Waals surface area (Å²) in [5.41, 5.74) is -0.0336. The lowest BCUT2D eigenvalue weighted by atomic mass is 9.98. The lowest BCUT2D eigenvalue weighted by Crippen LogP contribution is -2.49. The van der Waals surface area contributed by atoms with Crippen LogP contribution in [0.5, 0.6) is 11.5 Å². The van der Waals surface area contributed by atoms with Crippen LogP contribution in [0.1, 0.15) is 24.5 Å². The normalized spacial score (nSPS) is 18.4. The molecule has 0 bridgehead atoms. The molecule has 3 N–H and O–H groups in total. The molecule has 35 heavy (non-hydrogen) atoms. The van der Waals surface area contributed by atoms with Crippen LogP contribution in [0.2, 0.25) is 5.02 Å². The molecule has 6 nitrogen and oxygen atoms in total. The Morgan fingerprint density at radius 1 is 1.23 bits per heavy atom. The van der Waals surface area contributed by atoms with Gasteiger partial charge in [0.15, 0.2) is 17.6 Å². The Kier molecular flexibility index (Phi) is 7.83. The summed E-state index contributed by atoms with van der Waals surface area (Å²) in [6.07, 6.45) is -1.51. The van der Waals surface area contributed by atoms with Gasteiger partial charge in [-0.2, -0.15) is 0 Å². The van der Waals surface area contributed by atoms with Crippen LogP contribution in [0.25, 0.3) is 11.4 Å². The molecule has 0 heterocycles. The van der Waals surface area contributed by atoms with Crippen molar-refractivity contribution in [3.05, 3.63) is 71.5 Å². The molecular weight excluding hydrogens is 485 g/mol. The Bertz CT molecular complexity index is 1170. The molecule has 3 rings (SSSR count). The topological polar surface area (TPSA) is 83.3 Å². The number of methoxy groups -OCH3 is 1. The fourth-order valence-electron chi connectivity index (χ4n) is 3.12. The minimum atomic E-state index is -2.84. The summed E-state index contributed by atoms with van der Waals surface area (Å²) in [6.45, 7) is 8.43. The average Bonchev–Trinajstić information content (AvgIpc) is 3.44. The Morgan fingerprint density at radius 2 is 1.89 bits per heavy atom. The Balaban J connectivity index is 1.69. The molecule has 0 radical (unpaired) electrons. The van der Waals surface area contributed by atoms with Gasteiger partial charge in [-0.3, -0.25) is 4.99 Å². The first-order valence-electron chi connectivity index (χ1n) is 10.6. The maximum Gasteiger partial charge on any atom is 0.288 e. The van der Waals surface area contributed by atoms with Gasteiger partial charge in [0.2, 0.25) is 0 Å². The summed E-state index contributed by atoms with van der Waals surface area (Å²) in [7, 11) is 1.39. The van der Waals surface area contributed by atoms with Crippen LogP contribution in [-0.4, -0.2) is 53.8 Å². The van der Waals surface area contributed by atoms with Gasteiger partial charge >= 0.3 is 0 Å². The minimum absolute atomic E-state index is 0.0930. The van der Waals surface area contributed by atoms with Crippen molar-refractivity contribution < 1.29 is 32.9 Å². The molecule has 188 valence electrons. The predicted molar refractivity (Wildman–Crippen MR) is 130 cm³/mol. The van der Waals surface area contributed by atoms with Gasteiger partial charge in [0.05, 0.1) is 43.1 Å². The third kappa shape index (κ3) is 6.17. The largest absolute Gasteiger partial charge is 0.493 e. The lowest BCUT2D eigenvalue weighted by Gasteiger charge is -2.27. The van der Waals surface area contributed by atoms with Crippen LogP contribution in [0.4, 0.5) is 13.2 Å². The van der Waals surface area contributed by atoms with Gasteiger partial charge in [-0.15, -0.1) is 0 Å². The van der Waals surface area contributed by atoms with E-state index in [0.717, 1.165) is 0 Å². The maximum absolute atomic E-state index is 13.4. The lowest BCUT2D eigenvalue weighted by molar-refractivity contribution is 0.0474. The van der Waals surface area contributed by atoms with Crippen molar-refractivity contribution in [2.75, 3.05) is 20.3 Å². The number of hydrogen-bond donors (Lipinski definition) is 3. The summed E-state index contributed by atoms with van der Waals surface area (Å²) in [5.74, 6) is -2.99. The van der Waals surface area contributed by atoms with E-state index >= 15 is 0 Å². The fourth-order valence-corrected chi connectivity index (χ4v) is 3.30. The first kappa shape index (κ1) is 26.6. The fraction of sp³-hybridized carbons (Fsp3) is 0.320. The number of nitrogens with zero attached hydrogens (tertiary/aromatic N) is 1. The highest BCUT2D eigenvalue weighted by molar-refractivity contribution is 6.30. The van der Waals surface area contributed by atoms with Gasteiger partial charge < -0.3 is 25.0 Å². The van der Waals surface area contributed by atoms with Gasteiger partial charge in [0.1, 0.15) is 11.4 Å². The second kappa shape index (κ2) is 10.3. The number of aliphatic hydroxyl groups excluding tert-OH is 1. The molecular formula is C25H26ClF3N2O4. The van der Waals surface area contributed by atoms with Crippen LogP contribution >= 0.6 is 11.6 Å². The van der Waals surface area contributed by atoms with E-state index in [9.17, 15) is 23.4 Å². The average molecular weight is 511 g/mol. The summed E-state index contributed by atoms with van der Waals surface area (Å²) in [5, 5.41) is 23.6. The van der Waals surface area contributed by atoms with Crippen LogP contribution in [0, 0.1) is 5.82 Å². The van der Waals surface area contributed by atoms with E-state index in [1.165, 1.54) is 38.3 Å². The van der Waals surface area contributed by atoms with Crippen LogP contribution in [0.3, 0.4) is 0 Å². The molecule has 1 aliphatic carbocycles. The summed E-state index contributed by atoms with van der Waals surface area (Å²) in [6, 6.07) is 8.65. The minimum Gasteiger partial charge on any atom is -0.493 e. The van der Waals surface area contributed by atoms with E-state index in [1.54, 1.807) is 12.1 Å². The number of hydrogen-bond acceptors (Lipinski definition) is 6. The van der Waals surface area contributed by atoms with Crippen molar-refractivity contribution in [1.29, 1.82) is 0 Å². The number of rotatable bonds is 11. The van der Waals surface area contributed by atoms with Gasteiger partial charge in [-0.25, -0.2) is 13.2 Å². The molecule has 2 aromatic rings. The molecule has 0 spiro atoms. The SMILES string of the molecule is C=C(N=C(C)C(O)(CO)CNC(=C)c1ccc(OC2CC2(F)F)c(OC)c1)c1ccc(F)c(Cl)c1. The number of halogens is 4. The van der Waals surface area contributed by atoms with E-state index < -0.39 is 30.1 Å². The van der Waals surface area contributed by atoms with E-state index in [2.05, 4.69) is 23.5 Å². The molecule has 10 heteroatoms. The van der Waals surface area contributed by atoms with Crippen molar-refractivity contribution in [2.24, 2.45) is 4.99 Å².